The van der Waals surface area contributed by atoms with E-state index in [2.05, 4.69) is 45.3 Å². The average Bonchev–Trinajstić information content (AvgIpc) is 3.67. The molecule has 0 aliphatic rings. The summed E-state index contributed by atoms with van der Waals surface area (Å²) in [5, 5.41) is 19.1. The Balaban J connectivity index is 1.36. The third-order valence-corrected chi connectivity index (χ3v) is 7.99. The van der Waals surface area contributed by atoms with Crippen LogP contribution in [0.25, 0.3) is 44.2 Å². The van der Waals surface area contributed by atoms with Gasteiger partial charge in [0.25, 0.3) is 0 Å². The average molecular weight is 649 g/mol. The molecule has 0 spiro atoms. The van der Waals surface area contributed by atoms with Crippen LogP contribution in [0.3, 0.4) is 0 Å². The van der Waals surface area contributed by atoms with Crippen molar-refractivity contribution < 1.29 is 19.1 Å². The smallest absolute Gasteiger partial charge is 0.353 e. The molecule has 0 saturated heterocycles. The maximum atomic E-state index is 12.6. The Kier molecular flexibility index (Phi) is 9.39. The molecule has 0 amide bonds. The fourth-order valence-corrected chi connectivity index (χ4v) is 5.65. The summed E-state index contributed by atoms with van der Waals surface area (Å²) in [4.78, 5) is 41.1. The molecule has 10 nitrogen and oxygen atoms in total. The monoisotopic (exact) mass is 648 g/mol. The largest absolute Gasteiger partial charge is 0.455 e. The first-order chi connectivity index (χ1) is 22.6. The van der Waals surface area contributed by atoms with Gasteiger partial charge in [0.15, 0.2) is 0 Å². The van der Waals surface area contributed by atoms with Gasteiger partial charge in [0.05, 0.1) is 34.8 Å². The molecule has 0 unspecified atom stereocenters. The predicted molar refractivity (Wildman–Crippen MR) is 190 cm³/mol. The molecule has 5 aromatic rings. The van der Waals surface area contributed by atoms with Crippen LogP contribution in [-0.2, 0) is 19.1 Å². The lowest BCUT2D eigenvalue weighted by Crippen LogP contribution is -2.31. The highest BCUT2D eigenvalue weighted by atomic mass is 16.6. The Bertz CT molecular complexity index is 2020. The normalized spacial score (nSPS) is 13.3. The van der Waals surface area contributed by atoms with Crippen molar-refractivity contribution in [1.29, 1.82) is 10.8 Å². The van der Waals surface area contributed by atoms with E-state index < -0.39 is 35.0 Å². The lowest BCUT2D eigenvalue weighted by Gasteiger charge is -2.21. The molecule has 0 saturated carbocycles. The Hall–Kier alpha value is -5.12. The van der Waals surface area contributed by atoms with Gasteiger partial charge in [0.1, 0.15) is 34.3 Å². The summed E-state index contributed by atoms with van der Waals surface area (Å²) in [6.45, 7) is 14.6. The third kappa shape index (κ3) is 7.54. The fourth-order valence-electron chi connectivity index (χ4n) is 5.65. The van der Waals surface area contributed by atoms with E-state index in [1.165, 1.54) is 0 Å². The number of nitrogens with one attached hydrogen (secondary N) is 4. The van der Waals surface area contributed by atoms with Crippen LogP contribution in [0.15, 0.2) is 60.8 Å². The highest BCUT2D eigenvalue weighted by molar-refractivity contribution is 6.37. The molecule has 4 N–H and O–H groups in total. The molecule has 5 rings (SSSR count). The predicted octanol–water partition coefficient (Wildman–Crippen LogP) is 8.48. The van der Waals surface area contributed by atoms with Crippen LogP contribution in [-0.4, -0.2) is 54.5 Å². The van der Waals surface area contributed by atoms with Crippen molar-refractivity contribution in [1.82, 2.24) is 19.9 Å². The molecule has 3 aromatic carbocycles. The molecule has 48 heavy (non-hydrogen) atoms. The summed E-state index contributed by atoms with van der Waals surface area (Å²) in [6, 6.07) is 18.5. The lowest BCUT2D eigenvalue weighted by atomic mass is 9.98. The Morgan fingerprint density at radius 2 is 1.21 bits per heavy atom. The van der Waals surface area contributed by atoms with Crippen LogP contribution in [0.4, 0.5) is 0 Å². The number of aromatic nitrogens is 4. The van der Waals surface area contributed by atoms with Crippen molar-refractivity contribution in [3.05, 3.63) is 72.4 Å². The minimum absolute atomic E-state index is 0.114. The number of hydrogen-bond donors (Lipinski definition) is 4. The van der Waals surface area contributed by atoms with Gasteiger partial charge >= 0.3 is 11.9 Å². The first-order valence-corrected chi connectivity index (χ1v) is 16.3. The topological polar surface area (TPSA) is 158 Å². The minimum atomic E-state index is -0.678. The number of aromatic amines is 2. The van der Waals surface area contributed by atoms with Crippen LogP contribution in [0.1, 0.15) is 91.7 Å². The first-order valence-electron chi connectivity index (χ1n) is 16.3. The number of carbonyl (C=O) groups is 2. The van der Waals surface area contributed by atoms with Crippen LogP contribution in [0.5, 0.6) is 0 Å². The highest BCUT2D eigenvalue weighted by Crippen LogP contribution is 2.31. The molecule has 2 aromatic heterocycles. The maximum Gasteiger partial charge on any atom is 0.353 e. The second kappa shape index (κ2) is 13.2. The molecule has 250 valence electrons. The van der Waals surface area contributed by atoms with Crippen molar-refractivity contribution in [2.45, 2.75) is 91.3 Å². The second-order valence-corrected chi connectivity index (χ2v) is 14.1. The first kappa shape index (κ1) is 34.2. The Morgan fingerprint density at radius 1 is 0.708 bits per heavy atom. The van der Waals surface area contributed by atoms with E-state index in [9.17, 15) is 9.59 Å². The summed E-state index contributed by atoms with van der Waals surface area (Å²) in [6.07, 6.45) is 2.81. The SMILES string of the molecule is CC[C@@H](C(=N)C(=O)OC(C)(C)C)c1ncc(-c2ccc3cc(-c4ccc5nc([C@@H](CC)C(=N)C(=O)OC(C)(C)C)[nH]c5c4)ccc3c2)[nH]1. The van der Waals surface area contributed by atoms with Crippen molar-refractivity contribution in [3.63, 3.8) is 0 Å². The van der Waals surface area contributed by atoms with Crippen molar-refractivity contribution in [3.8, 4) is 22.4 Å². The fraction of sp³-hybridized carbons (Fsp3) is 0.368. The van der Waals surface area contributed by atoms with Gasteiger partial charge < -0.3 is 19.4 Å². The summed E-state index contributed by atoms with van der Waals surface area (Å²) in [5.41, 5.74) is 3.81. The standard InChI is InChI=1S/C38H44N6O4/c1-9-26(31(39)35(45)47-37(3,4)5)33-41-20-30(44-33)25-14-13-21-17-22(11-12-23(21)18-25)24-15-16-28-29(19-24)43-34(42-28)27(10-2)32(40)36(46)48-38(6,7)8/h11-20,26-27,39-40H,9-10H2,1-8H3,(H,41,44)(H,42,43)/t26-,27-/m0/s1. The number of H-pyrrole nitrogens is 2. The number of hydrogen-bond acceptors (Lipinski definition) is 8. The van der Waals surface area contributed by atoms with E-state index in [4.69, 9.17) is 25.3 Å². The Labute approximate surface area is 280 Å². The molecular weight excluding hydrogens is 604 g/mol. The molecule has 0 radical (unpaired) electrons. The number of benzene rings is 3. The number of imidazole rings is 2. The molecule has 0 fully saturated rings. The van der Waals surface area contributed by atoms with Crippen molar-refractivity contribution in [2.24, 2.45) is 0 Å². The quantitative estimate of drug-likeness (QED) is 0.0878. The third-order valence-electron chi connectivity index (χ3n) is 7.99. The van der Waals surface area contributed by atoms with Gasteiger partial charge in [-0.15, -0.1) is 0 Å². The van der Waals surface area contributed by atoms with Gasteiger partial charge in [0.2, 0.25) is 0 Å². The Morgan fingerprint density at radius 3 is 1.77 bits per heavy atom. The summed E-state index contributed by atoms with van der Waals surface area (Å²) < 4.78 is 10.9. The second-order valence-electron chi connectivity index (χ2n) is 14.1. The zero-order valence-electron chi connectivity index (χ0n) is 28.9. The zero-order chi connectivity index (χ0) is 35.0. The number of rotatable bonds is 10. The molecule has 2 heterocycles. The molecule has 10 heteroatoms. The van der Waals surface area contributed by atoms with Crippen molar-refractivity contribution in [2.75, 3.05) is 0 Å². The minimum Gasteiger partial charge on any atom is -0.455 e. The summed E-state index contributed by atoms with van der Waals surface area (Å²) >= 11 is 0. The summed E-state index contributed by atoms with van der Waals surface area (Å²) in [5.74, 6) is -1.13. The molecular formula is C38H44N6O4. The van der Waals surface area contributed by atoms with E-state index in [1.54, 1.807) is 47.7 Å². The van der Waals surface area contributed by atoms with Gasteiger partial charge in [-0.25, -0.2) is 19.6 Å². The number of esters is 2. The van der Waals surface area contributed by atoms with E-state index >= 15 is 0 Å². The van der Waals surface area contributed by atoms with E-state index in [0.29, 0.717) is 24.5 Å². The number of fused-ring (bicyclic) bond motifs is 2. The van der Waals surface area contributed by atoms with Gasteiger partial charge in [-0.1, -0.05) is 44.2 Å². The molecule has 0 bridgehead atoms. The van der Waals surface area contributed by atoms with Gasteiger partial charge in [-0.2, -0.15) is 0 Å². The van der Waals surface area contributed by atoms with E-state index in [0.717, 1.165) is 44.2 Å². The lowest BCUT2D eigenvalue weighted by molar-refractivity contribution is -0.147. The zero-order valence-corrected chi connectivity index (χ0v) is 28.9. The van der Waals surface area contributed by atoms with Gasteiger partial charge in [0, 0.05) is 5.56 Å². The van der Waals surface area contributed by atoms with E-state index in [1.807, 2.05) is 38.1 Å². The number of carbonyl (C=O) groups excluding carboxylic acids is 2. The van der Waals surface area contributed by atoms with Crippen LogP contribution in [0.2, 0.25) is 0 Å². The van der Waals surface area contributed by atoms with Gasteiger partial charge in [-0.3, -0.25) is 10.8 Å². The van der Waals surface area contributed by atoms with Crippen LogP contribution < -0.4 is 0 Å². The highest BCUT2D eigenvalue weighted by Gasteiger charge is 2.30. The number of ether oxygens (including phenoxy) is 2. The van der Waals surface area contributed by atoms with Crippen LogP contribution in [0, 0.1) is 10.8 Å². The van der Waals surface area contributed by atoms with Crippen molar-refractivity contribution >= 4 is 45.2 Å². The maximum absolute atomic E-state index is 12.6. The molecule has 2 atom stereocenters. The van der Waals surface area contributed by atoms with Gasteiger partial charge in [-0.05, 0) is 101 Å². The summed E-state index contributed by atoms with van der Waals surface area (Å²) in [7, 11) is 0. The molecule has 0 aliphatic heterocycles. The van der Waals surface area contributed by atoms with E-state index in [-0.39, 0.29) is 11.4 Å². The number of nitrogens with zero attached hydrogens (tertiary/aromatic N) is 2. The van der Waals surface area contributed by atoms with Crippen LogP contribution >= 0.6 is 0 Å². The molecule has 0 aliphatic carbocycles.